The predicted molar refractivity (Wildman–Crippen MR) is 68.6 cm³/mol. The molecule has 0 unspecified atom stereocenters. The Morgan fingerprint density at radius 1 is 1.31 bits per heavy atom. The molecule has 0 bridgehead atoms. The molecule has 0 amide bonds. The fourth-order valence-corrected chi connectivity index (χ4v) is 1.74. The third-order valence-electron chi connectivity index (χ3n) is 2.65. The number of hydrogen-bond donors (Lipinski definition) is 1. The Kier molecular flexibility index (Phi) is 5.00. The van der Waals surface area contributed by atoms with Crippen LogP contribution in [0.4, 0.5) is 0 Å². The largest absolute Gasteiger partial charge is 0.335 e. The van der Waals surface area contributed by atoms with Crippen molar-refractivity contribution in [3.8, 4) is 0 Å². The Labute approximate surface area is 99.3 Å². The number of rotatable bonds is 6. The molecule has 0 saturated carbocycles. The normalized spacial score (nSPS) is 12.0. The summed E-state index contributed by atoms with van der Waals surface area (Å²) in [5.74, 6) is 0. The Hall–Kier alpha value is -0.830. The van der Waals surface area contributed by atoms with Gasteiger partial charge in [-0.2, -0.15) is 0 Å². The zero-order valence-corrected chi connectivity index (χ0v) is 11.1. The van der Waals surface area contributed by atoms with Gasteiger partial charge in [-0.05, 0) is 53.5 Å². The summed E-state index contributed by atoms with van der Waals surface area (Å²) in [4.78, 5) is 4.18. The Bertz CT molecular complexity index is 296. The number of imidazole rings is 1. The van der Waals surface area contributed by atoms with E-state index in [4.69, 9.17) is 0 Å². The number of unbranched alkanes of at least 4 members (excludes halogenated alkanes) is 1. The first-order valence-corrected chi connectivity index (χ1v) is 6.27. The molecule has 1 aromatic rings. The smallest absolute Gasteiger partial charge is 0.0948 e. The van der Waals surface area contributed by atoms with Gasteiger partial charge < -0.3 is 9.88 Å². The van der Waals surface area contributed by atoms with Crippen molar-refractivity contribution in [2.45, 2.75) is 59.0 Å². The minimum atomic E-state index is 0.241. The molecule has 1 aromatic heterocycles. The highest BCUT2D eigenvalue weighted by atomic mass is 15.0. The van der Waals surface area contributed by atoms with Crippen molar-refractivity contribution in [1.29, 1.82) is 0 Å². The van der Waals surface area contributed by atoms with Crippen molar-refractivity contribution < 1.29 is 0 Å². The zero-order valence-electron chi connectivity index (χ0n) is 11.1. The maximum Gasteiger partial charge on any atom is 0.0948 e. The molecule has 0 aliphatic rings. The van der Waals surface area contributed by atoms with Crippen LogP contribution in [0.5, 0.6) is 0 Å². The lowest BCUT2D eigenvalue weighted by Gasteiger charge is -2.20. The van der Waals surface area contributed by atoms with Gasteiger partial charge in [-0.15, -0.1) is 0 Å². The van der Waals surface area contributed by atoms with Gasteiger partial charge in [0.15, 0.2) is 0 Å². The summed E-state index contributed by atoms with van der Waals surface area (Å²) in [5, 5.41) is 3.51. The quantitative estimate of drug-likeness (QED) is 0.751. The number of nitrogens with one attached hydrogen (secondary N) is 1. The molecule has 0 radical (unpaired) electrons. The van der Waals surface area contributed by atoms with Crippen molar-refractivity contribution >= 4 is 0 Å². The van der Waals surface area contributed by atoms with E-state index in [1.807, 2.05) is 12.5 Å². The van der Waals surface area contributed by atoms with Gasteiger partial charge >= 0.3 is 0 Å². The van der Waals surface area contributed by atoms with Gasteiger partial charge in [0.1, 0.15) is 0 Å². The van der Waals surface area contributed by atoms with Gasteiger partial charge in [0.25, 0.3) is 0 Å². The fraction of sp³-hybridized carbons (Fsp3) is 0.769. The molecule has 1 heterocycles. The van der Waals surface area contributed by atoms with Crippen LogP contribution in [0.2, 0.25) is 0 Å². The van der Waals surface area contributed by atoms with Gasteiger partial charge in [0.2, 0.25) is 0 Å². The molecule has 0 aliphatic heterocycles. The van der Waals surface area contributed by atoms with Gasteiger partial charge in [0.05, 0.1) is 6.33 Å². The SMILES string of the molecule is CCn1cncc1CCCCNC(C)(C)C. The molecule has 92 valence electrons. The molecule has 0 spiro atoms. The third-order valence-corrected chi connectivity index (χ3v) is 2.65. The molecular formula is C13H25N3. The molecule has 0 saturated heterocycles. The van der Waals surface area contributed by atoms with Crippen LogP contribution in [0, 0.1) is 0 Å². The van der Waals surface area contributed by atoms with E-state index in [9.17, 15) is 0 Å². The maximum atomic E-state index is 4.18. The number of hydrogen-bond acceptors (Lipinski definition) is 2. The van der Waals surface area contributed by atoms with Gasteiger partial charge in [-0.1, -0.05) is 0 Å². The number of nitrogens with zero attached hydrogens (tertiary/aromatic N) is 2. The second kappa shape index (κ2) is 6.04. The van der Waals surface area contributed by atoms with E-state index >= 15 is 0 Å². The van der Waals surface area contributed by atoms with E-state index < -0.39 is 0 Å². The molecule has 16 heavy (non-hydrogen) atoms. The first kappa shape index (κ1) is 13.2. The lowest BCUT2D eigenvalue weighted by Crippen LogP contribution is -2.36. The molecule has 3 nitrogen and oxygen atoms in total. The number of aromatic nitrogens is 2. The molecule has 0 aromatic carbocycles. The summed E-state index contributed by atoms with van der Waals surface area (Å²) in [6.07, 6.45) is 7.50. The molecule has 1 rings (SSSR count). The van der Waals surface area contributed by atoms with Crippen molar-refractivity contribution in [2.24, 2.45) is 0 Å². The summed E-state index contributed by atoms with van der Waals surface area (Å²) in [5.41, 5.74) is 1.60. The maximum absolute atomic E-state index is 4.18. The fourth-order valence-electron chi connectivity index (χ4n) is 1.74. The summed E-state index contributed by atoms with van der Waals surface area (Å²) in [6.45, 7) is 10.9. The van der Waals surface area contributed by atoms with E-state index in [1.165, 1.54) is 18.5 Å². The van der Waals surface area contributed by atoms with Crippen LogP contribution in [-0.2, 0) is 13.0 Å². The molecule has 3 heteroatoms. The van der Waals surface area contributed by atoms with E-state index in [2.05, 4.69) is 42.6 Å². The summed E-state index contributed by atoms with van der Waals surface area (Å²) in [7, 11) is 0. The second-order valence-electron chi connectivity index (χ2n) is 5.30. The van der Waals surface area contributed by atoms with Crippen molar-refractivity contribution in [3.63, 3.8) is 0 Å². The van der Waals surface area contributed by atoms with E-state index in [-0.39, 0.29) is 5.54 Å². The average Bonchev–Trinajstić information content (AvgIpc) is 2.63. The van der Waals surface area contributed by atoms with E-state index in [0.717, 1.165) is 19.5 Å². The highest BCUT2D eigenvalue weighted by Gasteiger charge is 2.07. The number of aryl methyl sites for hydroxylation is 2. The highest BCUT2D eigenvalue weighted by molar-refractivity contribution is 4.98. The van der Waals surface area contributed by atoms with Crippen LogP contribution in [0.1, 0.15) is 46.2 Å². The molecule has 0 atom stereocenters. The monoisotopic (exact) mass is 223 g/mol. The molecule has 0 aliphatic carbocycles. The highest BCUT2D eigenvalue weighted by Crippen LogP contribution is 2.05. The Morgan fingerprint density at radius 2 is 2.06 bits per heavy atom. The first-order valence-electron chi connectivity index (χ1n) is 6.27. The zero-order chi connectivity index (χ0) is 12.0. The average molecular weight is 223 g/mol. The standard InChI is InChI=1S/C13H25N3/c1-5-16-11-14-10-12(16)8-6-7-9-15-13(2,3)4/h10-11,15H,5-9H2,1-4H3. The van der Waals surface area contributed by atoms with E-state index in [1.54, 1.807) is 0 Å². The van der Waals surface area contributed by atoms with Crippen LogP contribution >= 0.6 is 0 Å². The Morgan fingerprint density at radius 3 is 2.69 bits per heavy atom. The van der Waals surface area contributed by atoms with Crippen LogP contribution in [-0.4, -0.2) is 21.6 Å². The van der Waals surface area contributed by atoms with Crippen molar-refractivity contribution in [2.75, 3.05) is 6.54 Å². The van der Waals surface area contributed by atoms with E-state index in [0.29, 0.717) is 0 Å². The third kappa shape index (κ3) is 4.79. The molecular weight excluding hydrogens is 198 g/mol. The lowest BCUT2D eigenvalue weighted by molar-refractivity contribution is 0.418. The minimum absolute atomic E-state index is 0.241. The lowest BCUT2D eigenvalue weighted by atomic mass is 10.1. The molecule has 1 N–H and O–H groups in total. The van der Waals surface area contributed by atoms with Crippen LogP contribution in [0.15, 0.2) is 12.5 Å². The first-order chi connectivity index (χ1) is 7.53. The van der Waals surface area contributed by atoms with Crippen LogP contribution in [0.3, 0.4) is 0 Å². The van der Waals surface area contributed by atoms with Crippen LogP contribution < -0.4 is 5.32 Å². The molecule has 0 fully saturated rings. The van der Waals surface area contributed by atoms with Crippen molar-refractivity contribution in [3.05, 3.63) is 18.2 Å². The predicted octanol–water partition coefficient (Wildman–Crippen LogP) is 2.61. The van der Waals surface area contributed by atoms with Gasteiger partial charge in [-0.25, -0.2) is 4.98 Å². The summed E-state index contributed by atoms with van der Waals surface area (Å²) in [6, 6.07) is 0. The van der Waals surface area contributed by atoms with Crippen molar-refractivity contribution in [1.82, 2.24) is 14.9 Å². The van der Waals surface area contributed by atoms with Crippen LogP contribution in [0.25, 0.3) is 0 Å². The summed E-state index contributed by atoms with van der Waals surface area (Å²) < 4.78 is 2.22. The topological polar surface area (TPSA) is 29.9 Å². The minimum Gasteiger partial charge on any atom is -0.335 e. The second-order valence-corrected chi connectivity index (χ2v) is 5.30. The van der Waals surface area contributed by atoms with Gasteiger partial charge in [0, 0.05) is 24.0 Å². The summed E-state index contributed by atoms with van der Waals surface area (Å²) >= 11 is 0. The van der Waals surface area contributed by atoms with Gasteiger partial charge in [-0.3, -0.25) is 0 Å². The Balaban J connectivity index is 2.16.